The van der Waals surface area contributed by atoms with Crippen LogP contribution in [0.1, 0.15) is 12.5 Å². The molecule has 0 radical (unpaired) electrons. The minimum Gasteiger partial charge on any atom is -0.508 e. The second-order valence-electron chi connectivity index (χ2n) is 2.98. The van der Waals surface area contributed by atoms with Gasteiger partial charge in [-0.15, -0.1) is 0 Å². The maximum atomic E-state index is 11.1. The van der Waals surface area contributed by atoms with Crippen LogP contribution < -0.4 is 4.74 Å². The van der Waals surface area contributed by atoms with Crippen LogP contribution in [-0.2, 0) is 16.0 Å². The molecule has 0 aliphatic rings. The molecule has 0 heterocycles. The van der Waals surface area contributed by atoms with E-state index in [0.29, 0.717) is 17.9 Å². The van der Waals surface area contributed by atoms with Crippen molar-refractivity contribution < 1.29 is 19.4 Å². The van der Waals surface area contributed by atoms with Crippen molar-refractivity contribution in [1.82, 2.24) is 0 Å². The summed E-state index contributed by atoms with van der Waals surface area (Å²) in [5, 5.41) is 9.26. The lowest BCUT2D eigenvalue weighted by atomic mass is 10.1. The van der Waals surface area contributed by atoms with Gasteiger partial charge < -0.3 is 14.6 Å². The molecule has 1 aromatic carbocycles. The monoisotopic (exact) mass is 210 g/mol. The normalized spacial score (nSPS) is 9.73. The third-order valence-corrected chi connectivity index (χ3v) is 1.91. The summed E-state index contributed by atoms with van der Waals surface area (Å²) in [6, 6.07) is 4.65. The third-order valence-electron chi connectivity index (χ3n) is 1.91. The zero-order valence-corrected chi connectivity index (χ0v) is 8.82. The lowest BCUT2D eigenvalue weighted by Gasteiger charge is -2.09. The predicted molar refractivity (Wildman–Crippen MR) is 55.0 cm³/mol. The SMILES string of the molecule is CCOc1cc(O)ccc1CC(=O)OC. The minimum absolute atomic E-state index is 0.118. The minimum atomic E-state index is -0.332. The molecule has 0 amide bonds. The van der Waals surface area contributed by atoms with Gasteiger partial charge in [-0.1, -0.05) is 6.07 Å². The Labute approximate surface area is 88.4 Å². The van der Waals surface area contributed by atoms with Gasteiger partial charge in [0.25, 0.3) is 0 Å². The van der Waals surface area contributed by atoms with E-state index in [2.05, 4.69) is 4.74 Å². The fourth-order valence-electron chi connectivity index (χ4n) is 1.21. The molecule has 0 fully saturated rings. The first-order chi connectivity index (χ1) is 7.17. The molecular weight excluding hydrogens is 196 g/mol. The highest BCUT2D eigenvalue weighted by Crippen LogP contribution is 2.24. The van der Waals surface area contributed by atoms with Gasteiger partial charge in [0.1, 0.15) is 11.5 Å². The fourth-order valence-corrected chi connectivity index (χ4v) is 1.21. The number of methoxy groups -OCH3 is 1. The third kappa shape index (κ3) is 3.16. The number of esters is 1. The van der Waals surface area contributed by atoms with Crippen molar-refractivity contribution in [2.45, 2.75) is 13.3 Å². The largest absolute Gasteiger partial charge is 0.508 e. The molecule has 82 valence electrons. The van der Waals surface area contributed by atoms with Crippen LogP contribution in [0.5, 0.6) is 11.5 Å². The number of phenolic OH excluding ortho intramolecular Hbond substituents is 1. The Balaban J connectivity index is 2.89. The number of phenols is 1. The van der Waals surface area contributed by atoms with Crippen molar-refractivity contribution in [2.75, 3.05) is 13.7 Å². The lowest BCUT2D eigenvalue weighted by molar-refractivity contribution is -0.139. The molecule has 0 saturated heterocycles. The first kappa shape index (κ1) is 11.4. The summed E-state index contributed by atoms with van der Waals surface area (Å²) in [5.41, 5.74) is 0.710. The van der Waals surface area contributed by atoms with Gasteiger partial charge >= 0.3 is 5.97 Å². The molecule has 1 rings (SSSR count). The number of aromatic hydroxyl groups is 1. The molecule has 0 saturated carbocycles. The van der Waals surface area contributed by atoms with Crippen LogP contribution in [0.3, 0.4) is 0 Å². The van der Waals surface area contributed by atoms with Crippen molar-refractivity contribution in [2.24, 2.45) is 0 Å². The van der Waals surface area contributed by atoms with Crippen molar-refractivity contribution in [3.05, 3.63) is 23.8 Å². The van der Waals surface area contributed by atoms with Gasteiger partial charge in [0.2, 0.25) is 0 Å². The van der Waals surface area contributed by atoms with E-state index in [0.717, 1.165) is 0 Å². The van der Waals surface area contributed by atoms with Gasteiger partial charge in [-0.25, -0.2) is 0 Å². The number of rotatable bonds is 4. The molecular formula is C11H14O4. The van der Waals surface area contributed by atoms with E-state index in [1.165, 1.54) is 19.2 Å². The van der Waals surface area contributed by atoms with Gasteiger partial charge in [-0.2, -0.15) is 0 Å². The molecule has 1 aromatic rings. The summed E-state index contributed by atoms with van der Waals surface area (Å²) < 4.78 is 9.86. The van der Waals surface area contributed by atoms with Crippen LogP contribution in [0.2, 0.25) is 0 Å². The quantitative estimate of drug-likeness (QED) is 0.765. The highest BCUT2D eigenvalue weighted by molar-refractivity contribution is 5.73. The first-order valence-corrected chi connectivity index (χ1v) is 4.69. The Bertz CT molecular complexity index is 346. The second-order valence-corrected chi connectivity index (χ2v) is 2.98. The van der Waals surface area contributed by atoms with Crippen molar-refractivity contribution in [3.8, 4) is 11.5 Å². The maximum Gasteiger partial charge on any atom is 0.310 e. The van der Waals surface area contributed by atoms with Crippen LogP contribution in [0.15, 0.2) is 18.2 Å². The lowest BCUT2D eigenvalue weighted by Crippen LogP contribution is -2.06. The Morgan fingerprint density at radius 3 is 2.80 bits per heavy atom. The number of carbonyl (C=O) groups excluding carboxylic acids is 1. The molecule has 0 aliphatic heterocycles. The van der Waals surface area contributed by atoms with Gasteiger partial charge in [0.05, 0.1) is 20.1 Å². The molecule has 4 heteroatoms. The van der Waals surface area contributed by atoms with Crippen LogP contribution in [0.25, 0.3) is 0 Å². The molecule has 0 spiro atoms. The number of hydrogen-bond donors (Lipinski definition) is 1. The van der Waals surface area contributed by atoms with E-state index in [1.54, 1.807) is 6.07 Å². The summed E-state index contributed by atoms with van der Waals surface area (Å²) in [5.74, 6) is 0.302. The smallest absolute Gasteiger partial charge is 0.310 e. The van der Waals surface area contributed by atoms with E-state index >= 15 is 0 Å². The summed E-state index contributed by atoms with van der Waals surface area (Å²) >= 11 is 0. The topological polar surface area (TPSA) is 55.8 Å². The van der Waals surface area contributed by atoms with E-state index in [-0.39, 0.29) is 18.1 Å². The Hall–Kier alpha value is -1.71. The van der Waals surface area contributed by atoms with Crippen LogP contribution in [0, 0.1) is 0 Å². The van der Waals surface area contributed by atoms with Crippen LogP contribution in [-0.4, -0.2) is 24.8 Å². The molecule has 0 bridgehead atoms. The number of ether oxygens (including phenoxy) is 2. The van der Waals surface area contributed by atoms with Crippen molar-refractivity contribution >= 4 is 5.97 Å². The van der Waals surface area contributed by atoms with Crippen molar-refractivity contribution in [3.63, 3.8) is 0 Å². The highest BCUT2D eigenvalue weighted by Gasteiger charge is 2.09. The fraction of sp³-hybridized carbons (Fsp3) is 0.364. The van der Waals surface area contributed by atoms with E-state index in [9.17, 15) is 9.90 Å². The molecule has 0 atom stereocenters. The molecule has 1 N–H and O–H groups in total. The molecule has 0 aliphatic carbocycles. The van der Waals surface area contributed by atoms with E-state index in [4.69, 9.17) is 4.74 Å². The highest BCUT2D eigenvalue weighted by atomic mass is 16.5. The Kier molecular flexibility index (Phi) is 3.97. The standard InChI is InChI=1S/C11H14O4/c1-3-15-10-7-9(12)5-4-8(10)6-11(13)14-2/h4-5,7,12H,3,6H2,1-2H3. The van der Waals surface area contributed by atoms with Crippen LogP contribution in [0.4, 0.5) is 0 Å². The molecule has 15 heavy (non-hydrogen) atoms. The number of hydrogen-bond acceptors (Lipinski definition) is 4. The predicted octanol–water partition coefficient (Wildman–Crippen LogP) is 1.51. The number of benzene rings is 1. The Morgan fingerprint density at radius 2 is 2.20 bits per heavy atom. The average molecular weight is 210 g/mol. The van der Waals surface area contributed by atoms with Gasteiger partial charge in [-0.05, 0) is 13.0 Å². The molecule has 0 aromatic heterocycles. The average Bonchev–Trinajstić information content (AvgIpc) is 2.22. The summed E-state index contributed by atoms with van der Waals surface area (Å²) in [4.78, 5) is 11.1. The maximum absolute atomic E-state index is 11.1. The second kappa shape index (κ2) is 5.24. The zero-order valence-electron chi connectivity index (χ0n) is 8.82. The number of carbonyl (C=O) groups is 1. The first-order valence-electron chi connectivity index (χ1n) is 4.69. The van der Waals surface area contributed by atoms with Crippen molar-refractivity contribution in [1.29, 1.82) is 0 Å². The summed E-state index contributed by atoms with van der Waals surface area (Å²) in [6.45, 7) is 2.32. The molecule has 0 unspecified atom stereocenters. The van der Waals surface area contributed by atoms with E-state index in [1.807, 2.05) is 6.92 Å². The van der Waals surface area contributed by atoms with Gasteiger partial charge in [-0.3, -0.25) is 4.79 Å². The summed E-state index contributed by atoms with van der Waals surface area (Å²) in [6.07, 6.45) is 0.145. The van der Waals surface area contributed by atoms with Gasteiger partial charge in [0.15, 0.2) is 0 Å². The Morgan fingerprint density at radius 1 is 1.47 bits per heavy atom. The zero-order chi connectivity index (χ0) is 11.3. The van der Waals surface area contributed by atoms with Gasteiger partial charge in [0, 0.05) is 11.6 Å². The summed E-state index contributed by atoms with van der Waals surface area (Å²) in [7, 11) is 1.34. The van der Waals surface area contributed by atoms with E-state index < -0.39 is 0 Å². The van der Waals surface area contributed by atoms with Crippen LogP contribution >= 0.6 is 0 Å². The molecule has 4 nitrogen and oxygen atoms in total.